The lowest BCUT2D eigenvalue weighted by molar-refractivity contribution is 0.602. The number of aryl methyl sites for hydroxylation is 1. The number of anilines is 3. The van der Waals surface area contributed by atoms with Crippen LogP contribution < -0.4 is 9.80 Å². The second-order valence-corrected chi connectivity index (χ2v) is 7.01. The van der Waals surface area contributed by atoms with E-state index in [1.807, 2.05) is 62.4 Å². The van der Waals surface area contributed by atoms with Crippen molar-refractivity contribution in [1.29, 1.82) is 0 Å². The Morgan fingerprint density at radius 2 is 1.93 bits per heavy atom. The van der Waals surface area contributed by atoms with Crippen molar-refractivity contribution in [2.75, 3.05) is 9.80 Å². The first-order valence-corrected chi connectivity index (χ1v) is 9.07. The zero-order valence-electron chi connectivity index (χ0n) is 19.5. The van der Waals surface area contributed by atoms with Crippen LogP contribution in [0.5, 0.6) is 0 Å². The van der Waals surface area contributed by atoms with Crippen LogP contribution in [0.1, 0.15) is 31.7 Å². The number of rotatable bonds is 2. The third-order valence-electron chi connectivity index (χ3n) is 5.34. The van der Waals surface area contributed by atoms with E-state index in [1.54, 1.807) is 11.1 Å². The number of benzene rings is 2. The first-order chi connectivity index (χ1) is 14.6. The van der Waals surface area contributed by atoms with Gasteiger partial charge in [0.05, 0.1) is 18.4 Å². The number of furan rings is 1. The van der Waals surface area contributed by atoms with E-state index >= 15 is 0 Å². The van der Waals surface area contributed by atoms with Crippen molar-refractivity contribution in [2.45, 2.75) is 39.8 Å². The third-order valence-corrected chi connectivity index (χ3v) is 5.34. The Morgan fingerprint density at radius 3 is 2.74 bits per heavy atom. The molecule has 0 N–H and O–H groups in total. The quantitative estimate of drug-likeness (QED) is 0.438. The number of para-hydroxylation sites is 2. The Hall–Kier alpha value is -3.01. The third kappa shape index (κ3) is 2.19. The van der Waals surface area contributed by atoms with Gasteiger partial charge in [0, 0.05) is 27.1 Å². The average molecular weight is 361 g/mol. The second kappa shape index (κ2) is 5.74. The summed E-state index contributed by atoms with van der Waals surface area (Å²) in [5.74, 6) is 0. The first-order valence-electron chi connectivity index (χ1n) is 11.1. The summed E-state index contributed by atoms with van der Waals surface area (Å²) in [5.41, 5.74) is 4.69. The molecular weight excluding hydrogens is 334 g/mol. The van der Waals surface area contributed by atoms with Crippen LogP contribution in [0, 0.1) is 6.92 Å². The van der Waals surface area contributed by atoms with Gasteiger partial charge in [0.2, 0.25) is 5.71 Å². The van der Waals surface area contributed by atoms with E-state index in [4.69, 9.17) is 9.90 Å². The first kappa shape index (κ1) is 12.4. The van der Waals surface area contributed by atoms with E-state index in [0.29, 0.717) is 17.0 Å². The summed E-state index contributed by atoms with van der Waals surface area (Å²) in [6, 6.07) is 13.8. The standard InChI is InChI=1S/C23H23N3O/c1-14(2)25-16(4)26(20-10-6-5-9-19(20)25)21-15(3)11-12-17-18-8-7-13-24-23(18)27-22(17)21/h5-14,16H,1-4H3/t16-/m0/s1/i1D3,14D/t14?,16-. The van der Waals surface area contributed by atoms with Crippen LogP contribution in [-0.2, 0) is 0 Å². The Balaban J connectivity index is 1.79. The van der Waals surface area contributed by atoms with Gasteiger partial charge < -0.3 is 14.2 Å². The smallest absolute Gasteiger partial charge is 0.227 e. The van der Waals surface area contributed by atoms with Crippen molar-refractivity contribution in [3.8, 4) is 0 Å². The Kier molecular flexibility index (Phi) is 2.64. The predicted molar refractivity (Wildman–Crippen MR) is 112 cm³/mol. The molecule has 3 heterocycles. The Bertz CT molecular complexity index is 1310. The molecule has 0 bridgehead atoms. The van der Waals surface area contributed by atoms with Crippen molar-refractivity contribution in [1.82, 2.24) is 4.98 Å². The Labute approximate surface area is 164 Å². The molecule has 2 aromatic carbocycles. The molecule has 2 aromatic heterocycles. The van der Waals surface area contributed by atoms with E-state index in [-0.39, 0.29) is 0 Å². The van der Waals surface area contributed by atoms with E-state index in [9.17, 15) is 0 Å². The molecule has 0 saturated carbocycles. The summed E-state index contributed by atoms with van der Waals surface area (Å²) >= 11 is 0. The molecule has 27 heavy (non-hydrogen) atoms. The fourth-order valence-corrected chi connectivity index (χ4v) is 4.22. The Morgan fingerprint density at radius 1 is 1.11 bits per heavy atom. The van der Waals surface area contributed by atoms with Crippen molar-refractivity contribution < 1.29 is 9.90 Å². The molecule has 5 rings (SSSR count). The molecule has 1 aliphatic rings. The molecule has 1 unspecified atom stereocenters. The van der Waals surface area contributed by atoms with Crippen LogP contribution in [0.15, 0.2) is 59.1 Å². The van der Waals surface area contributed by atoms with Crippen LogP contribution in [0.3, 0.4) is 0 Å². The summed E-state index contributed by atoms with van der Waals surface area (Å²) in [4.78, 5) is 8.12. The summed E-state index contributed by atoms with van der Waals surface area (Å²) in [6.45, 7) is 2.90. The van der Waals surface area contributed by atoms with Gasteiger partial charge in [-0.1, -0.05) is 24.3 Å². The van der Waals surface area contributed by atoms with Gasteiger partial charge in [-0.3, -0.25) is 0 Å². The molecule has 136 valence electrons. The fourth-order valence-electron chi connectivity index (χ4n) is 4.22. The molecule has 0 radical (unpaired) electrons. The highest BCUT2D eigenvalue weighted by Crippen LogP contribution is 2.48. The van der Waals surface area contributed by atoms with E-state index < -0.39 is 19.0 Å². The molecule has 4 heteroatoms. The lowest BCUT2D eigenvalue weighted by Gasteiger charge is -2.33. The van der Waals surface area contributed by atoms with Crippen LogP contribution in [0.4, 0.5) is 17.1 Å². The molecule has 1 aliphatic heterocycles. The number of aromatic nitrogens is 1. The van der Waals surface area contributed by atoms with Crippen molar-refractivity contribution in [3.05, 3.63) is 60.3 Å². The highest BCUT2D eigenvalue weighted by atomic mass is 16.3. The van der Waals surface area contributed by atoms with Gasteiger partial charge in [-0.25, -0.2) is 4.98 Å². The fraction of sp³-hybridized carbons (Fsp3) is 0.261. The van der Waals surface area contributed by atoms with E-state index in [0.717, 1.165) is 27.7 Å². The SMILES string of the molecule is [2H]C([2H])([2H])C([2H])(C)N1c2ccccc2N(c2c(C)ccc3c2oc2ncccc23)[C@H]1C. The van der Waals surface area contributed by atoms with Gasteiger partial charge in [0.1, 0.15) is 6.17 Å². The van der Waals surface area contributed by atoms with E-state index in [2.05, 4.69) is 9.88 Å². The highest BCUT2D eigenvalue weighted by molar-refractivity contribution is 6.09. The van der Waals surface area contributed by atoms with Gasteiger partial charge in [0.15, 0.2) is 5.58 Å². The van der Waals surface area contributed by atoms with Crippen LogP contribution in [0.25, 0.3) is 22.1 Å². The molecule has 0 saturated heterocycles. The minimum absolute atomic E-state index is 0.411. The molecule has 0 fully saturated rings. The lowest BCUT2D eigenvalue weighted by atomic mass is 10.1. The van der Waals surface area contributed by atoms with Crippen molar-refractivity contribution >= 4 is 39.1 Å². The van der Waals surface area contributed by atoms with Gasteiger partial charge in [0.25, 0.3) is 0 Å². The number of nitrogens with zero attached hydrogens (tertiary/aromatic N) is 3. The van der Waals surface area contributed by atoms with Gasteiger partial charge in [-0.2, -0.15) is 0 Å². The van der Waals surface area contributed by atoms with Crippen molar-refractivity contribution in [3.63, 3.8) is 0 Å². The number of pyridine rings is 1. The second-order valence-electron chi connectivity index (χ2n) is 7.01. The monoisotopic (exact) mass is 361 g/mol. The summed E-state index contributed by atoms with van der Waals surface area (Å²) in [6.07, 6.45) is 1.29. The van der Waals surface area contributed by atoms with Crippen LogP contribution in [0.2, 0.25) is 0 Å². The predicted octanol–water partition coefficient (Wildman–Crippen LogP) is 6.00. The minimum atomic E-state index is -2.49. The minimum Gasteiger partial charge on any atom is -0.435 e. The number of hydrogen-bond acceptors (Lipinski definition) is 4. The molecule has 2 atom stereocenters. The molecule has 0 aliphatic carbocycles. The zero-order valence-corrected chi connectivity index (χ0v) is 15.5. The van der Waals surface area contributed by atoms with E-state index in [1.165, 1.54) is 6.92 Å². The van der Waals surface area contributed by atoms with Gasteiger partial charge in [-0.05, 0) is 57.5 Å². The van der Waals surface area contributed by atoms with Crippen LogP contribution >= 0.6 is 0 Å². The van der Waals surface area contributed by atoms with Gasteiger partial charge in [-0.15, -0.1) is 0 Å². The maximum Gasteiger partial charge on any atom is 0.227 e. The molecule has 4 nitrogen and oxygen atoms in total. The normalized spacial score (nSPS) is 21.5. The number of fused-ring (bicyclic) bond motifs is 4. The summed E-state index contributed by atoms with van der Waals surface area (Å²) in [7, 11) is 0. The van der Waals surface area contributed by atoms with Crippen molar-refractivity contribution in [2.24, 2.45) is 0 Å². The summed E-state index contributed by atoms with van der Waals surface area (Å²) in [5, 5.41) is 1.89. The topological polar surface area (TPSA) is 32.5 Å². The average Bonchev–Trinajstić information content (AvgIpc) is 3.22. The maximum atomic E-state index is 8.80. The lowest BCUT2D eigenvalue weighted by Crippen LogP contribution is -2.42. The molecular formula is C23H23N3O. The summed E-state index contributed by atoms with van der Waals surface area (Å²) < 4.78 is 39.0. The van der Waals surface area contributed by atoms with Crippen LogP contribution in [-0.4, -0.2) is 17.2 Å². The molecule has 0 spiro atoms. The molecule has 4 aromatic rings. The van der Waals surface area contributed by atoms with Gasteiger partial charge >= 0.3 is 0 Å². The largest absolute Gasteiger partial charge is 0.435 e. The molecule has 0 amide bonds. The highest BCUT2D eigenvalue weighted by Gasteiger charge is 2.37. The zero-order chi connectivity index (χ0) is 22.1. The maximum absolute atomic E-state index is 8.80. The number of hydrogen-bond donors (Lipinski definition) is 0.